The van der Waals surface area contributed by atoms with Crippen molar-refractivity contribution < 1.29 is 14.3 Å². The molecule has 3 nitrogen and oxygen atoms in total. The molecule has 0 radical (unpaired) electrons. The summed E-state index contributed by atoms with van der Waals surface area (Å²) in [7, 11) is 0. The van der Waals surface area contributed by atoms with Gasteiger partial charge in [-0.05, 0) is 34.7 Å². The number of carbonyl (C=O) groups is 1. The average Bonchev–Trinajstić information content (AvgIpc) is 3.23. The quantitative estimate of drug-likeness (QED) is 0.332. The van der Waals surface area contributed by atoms with E-state index in [1.54, 1.807) is 24.3 Å². The van der Waals surface area contributed by atoms with Crippen LogP contribution >= 0.6 is 0 Å². The third-order valence-corrected chi connectivity index (χ3v) is 5.23. The van der Waals surface area contributed by atoms with Gasteiger partial charge in [-0.1, -0.05) is 84.9 Å². The molecule has 1 aromatic heterocycles. The summed E-state index contributed by atoms with van der Waals surface area (Å²) in [6, 6.07) is 29.5. The van der Waals surface area contributed by atoms with Gasteiger partial charge in [0.15, 0.2) is 0 Å². The highest BCUT2D eigenvalue weighted by Crippen LogP contribution is 2.32. The van der Waals surface area contributed by atoms with Crippen molar-refractivity contribution in [3.05, 3.63) is 108 Å². The van der Waals surface area contributed by atoms with Crippen LogP contribution in [0.15, 0.2) is 95.4 Å². The highest BCUT2D eigenvalue weighted by molar-refractivity contribution is 6.05. The predicted molar refractivity (Wildman–Crippen MR) is 121 cm³/mol. The number of aromatic carboxylic acids is 1. The summed E-state index contributed by atoms with van der Waals surface area (Å²) in [6.45, 7) is 0. The van der Waals surface area contributed by atoms with E-state index in [1.807, 2.05) is 48.6 Å². The Morgan fingerprint density at radius 3 is 2.07 bits per heavy atom. The van der Waals surface area contributed by atoms with Crippen molar-refractivity contribution in [1.29, 1.82) is 0 Å². The van der Waals surface area contributed by atoms with Gasteiger partial charge in [0.1, 0.15) is 11.3 Å². The number of hydrogen-bond acceptors (Lipinski definition) is 2. The first-order chi connectivity index (χ1) is 14.7. The Balaban J connectivity index is 1.40. The van der Waals surface area contributed by atoms with Crippen molar-refractivity contribution >= 4 is 39.9 Å². The van der Waals surface area contributed by atoms with Crippen molar-refractivity contribution in [1.82, 2.24) is 0 Å². The van der Waals surface area contributed by atoms with Crippen LogP contribution in [0.25, 0.3) is 45.2 Å². The van der Waals surface area contributed by atoms with E-state index in [2.05, 4.69) is 30.3 Å². The lowest BCUT2D eigenvalue weighted by Gasteiger charge is -2.00. The lowest BCUT2D eigenvalue weighted by Crippen LogP contribution is -1.94. The molecule has 3 heteroatoms. The van der Waals surface area contributed by atoms with Gasteiger partial charge in [0.05, 0.1) is 5.56 Å². The summed E-state index contributed by atoms with van der Waals surface area (Å²) in [5.41, 5.74) is 4.24. The van der Waals surface area contributed by atoms with Crippen LogP contribution in [0.1, 0.15) is 21.5 Å². The summed E-state index contributed by atoms with van der Waals surface area (Å²) in [5.74, 6) is -0.0687. The number of furan rings is 1. The predicted octanol–water partition coefficient (Wildman–Crippen LogP) is 7.12. The summed E-state index contributed by atoms with van der Waals surface area (Å²) < 4.78 is 6.20. The van der Waals surface area contributed by atoms with Crippen molar-refractivity contribution in [2.75, 3.05) is 0 Å². The molecule has 0 fully saturated rings. The number of fused-ring (bicyclic) bond motifs is 3. The third kappa shape index (κ3) is 3.38. The first-order valence-corrected chi connectivity index (χ1v) is 9.70. The topological polar surface area (TPSA) is 50.4 Å². The first kappa shape index (κ1) is 18.0. The zero-order valence-corrected chi connectivity index (χ0v) is 16.1. The average molecular weight is 390 g/mol. The highest BCUT2D eigenvalue weighted by atomic mass is 16.4. The van der Waals surface area contributed by atoms with E-state index in [0.717, 1.165) is 38.8 Å². The molecule has 4 aromatic carbocycles. The van der Waals surface area contributed by atoms with Crippen LogP contribution in [0.2, 0.25) is 0 Å². The van der Waals surface area contributed by atoms with Gasteiger partial charge in [0.25, 0.3) is 0 Å². The highest BCUT2D eigenvalue weighted by Gasteiger charge is 2.09. The molecule has 144 valence electrons. The monoisotopic (exact) mass is 390 g/mol. The molecular weight excluding hydrogens is 372 g/mol. The van der Waals surface area contributed by atoms with Crippen LogP contribution in [-0.4, -0.2) is 11.1 Å². The number of rotatable bonds is 4. The maximum Gasteiger partial charge on any atom is 0.335 e. The number of carboxylic acid groups (broad SMARTS) is 1. The van der Waals surface area contributed by atoms with E-state index < -0.39 is 5.97 Å². The fourth-order valence-electron chi connectivity index (χ4n) is 3.60. The van der Waals surface area contributed by atoms with Gasteiger partial charge >= 0.3 is 5.97 Å². The second kappa shape index (κ2) is 7.37. The molecule has 0 spiro atoms. The van der Waals surface area contributed by atoms with E-state index in [-0.39, 0.29) is 5.56 Å². The number of benzene rings is 4. The summed E-state index contributed by atoms with van der Waals surface area (Å²) in [6.07, 6.45) is 3.97. The van der Waals surface area contributed by atoms with Gasteiger partial charge in [-0.3, -0.25) is 0 Å². The van der Waals surface area contributed by atoms with Crippen LogP contribution in [0, 0.1) is 0 Å². The molecule has 0 unspecified atom stereocenters. The molecular formula is C27H18O3. The zero-order chi connectivity index (χ0) is 20.5. The van der Waals surface area contributed by atoms with E-state index in [0.29, 0.717) is 0 Å². The molecule has 0 aliphatic rings. The Morgan fingerprint density at radius 2 is 1.37 bits per heavy atom. The maximum absolute atomic E-state index is 10.9. The SMILES string of the molecule is O=C(O)c1ccc(/C=C/c2ccc(-c3cc4ccc5ccccc5c4o3)cc2)cc1. The Bertz CT molecular complexity index is 1390. The smallest absolute Gasteiger partial charge is 0.335 e. The number of carboxylic acids is 1. The van der Waals surface area contributed by atoms with Crippen LogP contribution < -0.4 is 0 Å². The van der Waals surface area contributed by atoms with Crippen LogP contribution in [0.5, 0.6) is 0 Å². The Morgan fingerprint density at radius 1 is 0.733 bits per heavy atom. The fourth-order valence-corrected chi connectivity index (χ4v) is 3.60. The molecule has 5 aromatic rings. The molecule has 0 saturated carbocycles. The van der Waals surface area contributed by atoms with Crippen molar-refractivity contribution in [2.45, 2.75) is 0 Å². The van der Waals surface area contributed by atoms with E-state index in [9.17, 15) is 4.79 Å². The Labute approximate surface area is 173 Å². The molecule has 0 aliphatic heterocycles. The molecule has 30 heavy (non-hydrogen) atoms. The Kier molecular flexibility index (Phi) is 4.41. The molecule has 1 N–H and O–H groups in total. The second-order valence-corrected chi connectivity index (χ2v) is 7.20. The molecule has 0 bridgehead atoms. The van der Waals surface area contributed by atoms with Gasteiger partial charge in [0.2, 0.25) is 0 Å². The molecule has 1 heterocycles. The second-order valence-electron chi connectivity index (χ2n) is 7.20. The summed E-state index contributed by atoms with van der Waals surface area (Å²) in [5, 5.41) is 12.4. The largest absolute Gasteiger partial charge is 0.478 e. The standard InChI is InChI=1S/C27H18O3/c28-27(29)22-13-9-19(10-14-22)6-5-18-7-11-21(12-8-18)25-17-23-16-15-20-3-1-2-4-24(20)26(23)30-25/h1-17H,(H,28,29)/b6-5+. The van der Waals surface area contributed by atoms with E-state index in [1.165, 1.54) is 5.39 Å². The van der Waals surface area contributed by atoms with Gasteiger partial charge in [-0.25, -0.2) is 4.79 Å². The van der Waals surface area contributed by atoms with Crippen LogP contribution in [0.4, 0.5) is 0 Å². The van der Waals surface area contributed by atoms with Gasteiger partial charge < -0.3 is 9.52 Å². The van der Waals surface area contributed by atoms with E-state index in [4.69, 9.17) is 9.52 Å². The van der Waals surface area contributed by atoms with Crippen molar-refractivity contribution in [3.63, 3.8) is 0 Å². The van der Waals surface area contributed by atoms with Crippen molar-refractivity contribution in [3.8, 4) is 11.3 Å². The minimum Gasteiger partial charge on any atom is -0.478 e. The third-order valence-electron chi connectivity index (χ3n) is 5.23. The molecule has 0 atom stereocenters. The minimum absolute atomic E-state index is 0.287. The van der Waals surface area contributed by atoms with Crippen LogP contribution in [-0.2, 0) is 0 Å². The van der Waals surface area contributed by atoms with Crippen molar-refractivity contribution in [2.24, 2.45) is 0 Å². The van der Waals surface area contributed by atoms with Gasteiger partial charge in [-0.15, -0.1) is 0 Å². The minimum atomic E-state index is -0.917. The summed E-state index contributed by atoms with van der Waals surface area (Å²) in [4.78, 5) is 10.9. The number of hydrogen-bond donors (Lipinski definition) is 1. The molecule has 0 amide bonds. The molecule has 5 rings (SSSR count). The molecule has 0 aliphatic carbocycles. The first-order valence-electron chi connectivity index (χ1n) is 9.70. The normalized spacial score (nSPS) is 11.5. The molecule has 0 saturated heterocycles. The van der Waals surface area contributed by atoms with E-state index >= 15 is 0 Å². The van der Waals surface area contributed by atoms with Crippen LogP contribution in [0.3, 0.4) is 0 Å². The van der Waals surface area contributed by atoms with Gasteiger partial charge in [0, 0.05) is 16.3 Å². The lowest BCUT2D eigenvalue weighted by molar-refractivity contribution is 0.0697. The fraction of sp³-hybridized carbons (Fsp3) is 0. The maximum atomic E-state index is 10.9. The lowest BCUT2D eigenvalue weighted by atomic mass is 10.1. The summed E-state index contributed by atoms with van der Waals surface area (Å²) >= 11 is 0. The Hall–Kier alpha value is -4.11. The zero-order valence-electron chi connectivity index (χ0n) is 16.1. The van der Waals surface area contributed by atoms with Gasteiger partial charge in [-0.2, -0.15) is 0 Å².